The number of allylic oxidation sites excluding steroid dienone is 3. The number of rotatable bonds is 13. The molecule has 0 aliphatic heterocycles. The molecule has 4 nitrogen and oxygen atoms in total. The summed E-state index contributed by atoms with van der Waals surface area (Å²) in [6, 6.07) is 11.9. The molecule has 0 saturated carbocycles. The highest BCUT2D eigenvalue weighted by Gasteiger charge is 2.17. The number of amides is 1. The maximum atomic E-state index is 13.2. The van der Waals surface area contributed by atoms with E-state index in [4.69, 9.17) is 18.3 Å². The first-order valence-corrected chi connectivity index (χ1v) is 14.9. The minimum Gasteiger partial charge on any atom is -0.494 e. The predicted molar refractivity (Wildman–Crippen MR) is 168 cm³/mol. The van der Waals surface area contributed by atoms with Gasteiger partial charge in [0.15, 0.2) is 0 Å². The second kappa shape index (κ2) is 15.8. The van der Waals surface area contributed by atoms with Crippen molar-refractivity contribution in [2.75, 3.05) is 6.61 Å². The van der Waals surface area contributed by atoms with Crippen molar-refractivity contribution < 1.29 is 9.53 Å². The van der Waals surface area contributed by atoms with Gasteiger partial charge in [0.25, 0.3) is 0 Å². The van der Waals surface area contributed by atoms with E-state index in [1.807, 2.05) is 43.3 Å². The molecule has 3 N–H and O–H groups in total. The lowest BCUT2D eigenvalue weighted by Gasteiger charge is -2.19. The molecule has 2 aromatic rings. The molecule has 0 aliphatic rings. The third-order valence-electron chi connectivity index (χ3n) is 6.12. The van der Waals surface area contributed by atoms with Crippen molar-refractivity contribution in [2.45, 2.75) is 79.0 Å². The molecule has 0 fully saturated rings. The van der Waals surface area contributed by atoms with Crippen LogP contribution in [0, 0.1) is 6.92 Å². The van der Waals surface area contributed by atoms with Crippen LogP contribution in [0.25, 0.3) is 4.91 Å². The van der Waals surface area contributed by atoms with Crippen LogP contribution in [0.2, 0.25) is 0 Å². The van der Waals surface area contributed by atoms with Gasteiger partial charge in [-0.25, -0.2) is 0 Å². The topological polar surface area (TPSA) is 64.3 Å². The zero-order chi connectivity index (χ0) is 28.2. The van der Waals surface area contributed by atoms with Gasteiger partial charge in [-0.3, -0.25) is 4.79 Å². The lowest BCUT2D eigenvalue weighted by molar-refractivity contribution is -0.119. The standard InChI is InChI=1S/C31H41BN2O2S2/c1-8-12-28(33)37-27-17-23(14-13-22(27)7)18-29(35)34-31(21(6)10-3)38-30(20(5)9-2)25-16-15-24(36-11-4)19-26(25)32/h12-17,19H,8-11,18,33H2,1-7H3,(H,34,35)/b28-12+,30-20-,31-21+. The van der Waals surface area contributed by atoms with E-state index in [1.54, 1.807) is 23.5 Å². The summed E-state index contributed by atoms with van der Waals surface area (Å²) in [4.78, 5) is 15.4. The molecular weight excluding hydrogens is 507 g/mol. The van der Waals surface area contributed by atoms with Crippen molar-refractivity contribution in [1.82, 2.24) is 5.32 Å². The first-order valence-electron chi connectivity index (χ1n) is 13.3. The van der Waals surface area contributed by atoms with Gasteiger partial charge in [-0.15, -0.1) is 0 Å². The third-order valence-corrected chi connectivity index (χ3v) is 8.61. The van der Waals surface area contributed by atoms with Crippen molar-refractivity contribution >= 4 is 47.6 Å². The van der Waals surface area contributed by atoms with Crippen molar-refractivity contribution in [3.8, 4) is 5.75 Å². The number of carbonyl (C=O) groups excluding carboxylic acids is 1. The summed E-state index contributed by atoms with van der Waals surface area (Å²) in [6.45, 7) is 15.1. The van der Waals surface area contributed by atoms with Crippen LogP contribution in [0.1, 0.15) is 77.5 Å². The molecule has 38 heavy (non-hydrogen) atoms. The summed E-state index contributed by atoms with van der Waals surface area (Å²) in [5.74, 6) is 0.703. The number of hydrogen-bond donors (Lipinski definition) is 2. The van der Waals surface area contributed by atoms with Gasteiger partial charge >= 0.3 is 0 Å². The molecule has 0 spiro atoms. The highest BCUT2D eigenvalue weighted by molar-refractivity contribution is 8.11. The summed E-state index contributed by atoms with van der Waals surface area (Å²) < 4.78 is 5.62. The van der Waals surface area contributed by atoms with Crippen LogP contribution >= 0.6 is 23.5 Å². The Balaban J connectivity index is 2.30. The average Bonchev–Trinajstić information content (AvgIpc) is 2.88. The summed E-state index contributed by atoms with van der Waals surface area (Å²) in [7, 11) is 6.47. The molecular formula is C31H41BN2O2S2. The fraction of sp³-hybridized carbons (Fsp3) is 0.387. The van der Waals surface area contributed by atoms with Crippen LogP contribution in [0.5, 0.6) is 5.75 Å². The Kier molecular flexibility index (Phi) is 13.2. The molecule has 0 bridgehead atoms. The van der Waals surface area contributed by atoms with Crippen LogP contribution < -0.4 is 21.3 Å². The minimum atomic E-state index is -0.0506. The fourth-order valence-corrected chi connectivity index (χ4v) is 5.85. The second-order valence-corrected chi connectivity index (χ2v) is 11.3. The Bertz CT molecular complexity index is 1220. The third kappa shape index (κ3) is 9.35. The minimum absolute atomic E-state index is 0.0506. The predicted octanol–water partition coefficient (Wildman–Crippen LogP) is 7.36. The number of benzene rings is 2. The molecule has 2 aromatic carbocycles. The second-order valence-electron chi connectivity index (χ2n) is 9.15. The normalized spacial score (nSPS) is 13.1. The smallest absolute Gasteiger partial charge is 0.229 e. The van der Waals surface area contributed by atoms with Gasteiger partial charge in [0, 0.05) is 9.80 Å². The molecule has 2 rings (SSSR count). The van der Waals surface area contributed by atoms with E-state index in [2.05, 4.69) is 52.9 Å². The van der Waals surface area contributed by atoms with E-state index in [0.717, 1.165) is 67.1 Å². The molecule has 2 radical (unpaired) electrons. The summed E-state index contributed by atoms with van der Waals surface area (Å²) >= 11 is 3.12. The van der Waals surface area contributed by atoms with Crippen molar-refractivity contribution in [3.05, 3.63) is 80.4 Å². The quantitative estimate of drug-likeness (QED) is 0.202. The van der Waals surface area contributed by atoms with Crippen LogP contribution in [0.3, 0.4) is 0 Å². The van der Waals surface area contributed by atoms with Crippen molar-refractivity contribution in [2.24, 2.45) is 5.73 Å². The number of hydrogen-bond acceptors (Lipinski definition) is 5. The molecule has 0 heterocycles. The van der Waals surface area contributed by atoms with Gasteiger partial charge in [-0.1, -0.05) is 79.6 Å². The number of thioether (sulfide) groups is 2. The number of nitrogens with one attached hydrogen (secondary N) is 1. The first kappa shape index (κ1) is 31.7. The van der Waals surface area contributed by atoms with Gasteiger partial charge in [-0.2, -0.15) is 0 Å². The lowest BCUT2D eigenvalue weighted by Crippen LogP contribution is -2.24. The molecule has 0 unspecified atom stereocenters. The van der Waals surface area contributed by atoms with Crippen LogP contribution in [0.4, 0.5) is 0 Å². The van der Waals surface area contributed by atoms with E-state index in [0.29, 0.717) is 12.1 Å². The Morgan fingerprint density at radius 1 is 1.05 bits per heavy atom. The van der Waals surface area contributed by atoms with Crippen LogP contribution in [0.15, 0.2) is 68.6 Å². The van der Waals surface area contributed by atoms with Crippen LogP contribution in [-0.2, 0) is 11.2 Å². The molecule has 202 valence electrons. The molecule has 0 aromatic heterocycles. The Morgan fingerprint density at radius 2 is 1.76 bits per heavy atom. The zero-order valence-electron chi connectivity index (χ0n) is 23.9. The fourth-order valence-electron chi connectivity index (χ4n) is 3.61. The first-order chi connectivity index (χ1) is 18.1. The van der Waals surface area contributed by atoms with E-state index in [1.165, 1.54) is 5.57 Å². The number of ether oxygens (including phenoxy) is 1. The molecule has 0 aliphatic carbocycles. The number of aryl methyl sites for hydroxylation is 1. The van der Waals surface area contributed by atoms with Crippen molar-refractivity contribution in [3.63, 3.8) is 0 Å². The van der Waals surface area contributed by atoms with Gasteiger partial charge < -0.3 is 15.8 Å². The SMILES string of the molecule is [B]c1cc(OCC)ccc1/C(S/C(NC(=O)Cc1ccc(C)c(S/C(N)=C/CC)c1)=C(\C)CC)=C(\C)CC. The molecule has 0 saturated heterocycles. The largest absolute Gasteiger partial charge is 0.494 e. The summed E-state index contributed by atoms with van der Waals surface area (Å²) in [6.07, 6.45) is 4.88. The zero-order valence-corrected chi connectivity index (χ0v) is 25.5. The number of carbonyl (C=O) groups is 1. The van der Waals surface area contributed by atoms with Gasteiger partial charge in [0.2, 0.25) is 5.91 Å². The van der Waals surface area contributed by atoms with E-state index >= 15 is 0 Å². The maximum absolute atomic E-state index is 13.2. The molecule has 0 atom stereocenters. The summed E-state index contributed by atoms with van der Waals surface area (Å²) in [5.41, 5.74) is 12.2. The Labute approximate surface area is 239 Å². The van der Waals surface area contributed by atoms with Crippen LogP contribution in [-0.4, -0.2) is 20.4 Å². The van der Waals surface area contributed by atoms with Gasteiger partial charge in [-0.05, 0) is 87.4 Å². The van der Waals surface area contributed by atoms with E-state index < -0.39 is 0 Å². The Morgan fingerprint density at radius 3 is 2.37 bits per heavy atom. The highest BCUT2D eigenvalue weighted by atomic mass is 32.2. The highest BCUT2D eigenvalue weighted by Crippen LogP contribution is 2.38. The lowest BCUT2D eigenvalue weighted by atomic mass is 9.89. The molecule has 1 amide bonds. The van der Waals surface area contributed by atoms with E-state index in [-0.39, 0.29) is 12.3 Å². The van der Waals surface area contributed by atoms with Crippen molar-refractivity contribution in [1.29, 1.82) is 0 Å². The monoisotopic (exact) mass is 548 g/mol. The maximum Gasteiger partial charge on any atom is 0.229 e. The Hall–Kier alpha value is -2.51. The molecule has 7 heteroatoms. The van der Waals surface area contributed by atoms with E-state index in [9.17, 15) is 4.79 Å². The number of nitrogens with two attached hydrogens (primary N) is 1. The average molecular weight is 549 g/mol. The van der Waals surface area contributed by atoms with Gasteiger partial charge in [0.05, 0.1) is 23.1 Å². The summed E-state index contributed by atoms with van der Waals surface area (Å²) in [5, 5.41) is 4.83. The van der Waals surface area contributed by atoms with Gasteiger partial charge in [0.1, 0.15) is 13.6 Å².